The molecule has 0 heterocycles. The van der Waals surface area contributed by atoms with Crippen LogP contribution in [-0.2, 0) is 15.6 Å². The number of carbonyl (C=O) groups excluding carboxylic acids is 1. The molecule has 0 saturated carbocycles. The third-order valence-electron chi connectivity index (χ3n) is 1.76. The first kappa shape index (κ1) is 13.6. The minimum Gasteiger partial charge on any atom is -0.356 e. The van der Waals surface area contributed by atoms with Gasteiger partial charge in [0.15, 0.2) is 0 Å². The van der Waals surface area contributed by atoms with Crippen LogP contribution in [0.3, 0.4) is 0 Å². The Morgan fingerprint density at radius 1 is 1.57 bits per heavy atom. The summed E-state index contributed by atoms with van der Waals surface area (Å²) in [4.78, 5) is 11.1. The third-order valence-corrected chi connectivity index (χ3v) is 2.62. The van der Waals surface area contributed by atoms with Gasteiger partial charge in [0.2, 0.25) is 5.91 Å². The maximum absolute atomic E-state index is 11.1. The summed E-state index contributed by atoms with van der Waals surface area (Å²) in [6, 6.07) is 0.0731. The predicted molar refractivity (Wildman–Crippen MR) is 59.4 cm³/mol. The van der Waals surface area contributed by atoms with Crippen molar-refractivity contribution in [2.45, 2.75) is 32.2 Å². The van der Waals surface area contributed by atoms with Gasteiger partial charge in [0, 0.05) is 41.8 Å². The monoisotopic (exact) mass is 220 g/mol. The van der Waals surface area contributed by atoms with Crippen LogP contribution in [0, 0.1) is 0 Å². The summed E-state index contributed by atoms with van der Waals surface area (Å²) in [6.07, 6.45) is 3.63. The molecule has 14 heavy (non-hydrogen) atoms. The summed E-state index contributed by atoms with van der Waals surface area (Å²) in [5.74, 6) is 0.678. The molecule has 0 spiro atoms. The van der Waals surface area contributed by atoms with Gasteiger partial charge in [-0.25, -0.2) is 0 Å². The largest absolute Gasteiger partial charge is 0.356 e. The Bertz CT molecular complexity index is 195. The van der Waals surface area contributed by atoms with E-state index >= 15 is 0 Å². The van der Waals surface area contributed by atoms with Gasteiger partial charge in [-0.1, -0.05) is 0 Å². The fourth-order valence-electron chi connectivity index (χ4n) is 0.950. The lowest BCUT2D eigenvalue weighted by atomic mass is 10.2. The number of amides is 1. The molecule has 0 radical (unpaired) electrons. The van der Waals surface area contributed by atoms with Crippen molar-refractivity contribution < 1.29 is 9.00 Å². The zero-order chi connectivity index (χ0) is 11.0. The molecule has 84 valence electrons. The van der Waals surface area contributed by atoms with Gasteiger partial charge in [-0.05, 0) is 19.8 Å². The highest BCUT2D eigenvalue weighted by Crippen LogP contribution is 1.92. The van der Waals surface area contributed by atoms with Gasteiger partial charge >= 0.3 is 0 Å². The molecular formula is C9H20N2O2S. The lowest BCUT2D eigenvalue weighted by Crippen LogP contribution is -2.27. The highest BCUT2D eigenvalue weighted by Gasteiger charge is 2.02. The van der Waals surface area contributed by atoms with E-state index in [1.165, 1.54) is 0 Å². The topological polar surface area (TPSA) is 72.2 Å². The summed E-state index contributed by atoms with van der Waals surface area (Å²) in [5.41, 5.74) is 5.52. The van der Waals surface area contributed by atoms with E-state index in [4.69, 9.17) is 5.73 Å². The van der Waals surface area contributed by atoms with Gasteiger partial charge in [0.05, 0.1) is 0 Å². The summed E-state index contributed by atoms with van der Waals surface area (Å²) >= 11 is 0. The molecule has 5 heteroatoms. The minimum absolute atomic E-state index is 0.0317. The smallest absolute Gasteiger partial charge is 0.220 e. The molecule has 0 aromatic carbocycles. The zero-order valence-corrected chi connectivity index (χ0v) is 9.73. The molecule has 2 atom stereocenters. The Balaban J connectivity index is 3.31. The van der Waals surface area contributed by atoms with E-state index in [2.05, 4.69) is 5.32 Å². The van der Waals surface area contributed by atoms with Gasteiger partial charge in [0.1, 0.15) is 0 Å². The van der Waals surface area contributed by atoms with Crippen LogP contribution in [0.25, 0.3) is 0 Å². The van der Waals surface area contributed by atoms with Crippen LogP contribution >= 0.6 is 0 Å². The fraction of sp³-hybridized carbons (Fsp3) is 0.889. The molecule has 0 aliphatic rings. The molecular weight excluding hydrogens is 200 g/mol. The lowest BCUT2D eigenvalue weighted by Gasteiger charge is -2.06. The van der Waals surface area contributed by atoms with Gasteiger partial charge < -0.3 is 11.1 Å². The van der Waals surface area contributed by atoms with Crippen LogP contribution in [0.2, 0.25) is 0 Å². The number of rotatable bonds is 7. The molecule has 0 aromatic rings. The third kappa shape index (κ3) is 9.67. The van der Waals surface area contributed by atoms with Crippen LogP contribution in [0.15, 0.2) is 0 Å². The van der Waals surface area contributed by atoms with Crippen molar-refractivity contribution in [3.63, 3.8) is 0 Å². The van der Waals surface area contributed by atoms with Crippen LogP contribution in [-0.4, -0.2) is 34.7 Å². The van der Waals surface area contributed by atoms with Gasteiger partial charge in [0.25, 0.3) is 0 Å². The van der Waals surface area contributed by atoms with E-state index in [0.717, 1.165) is 6.42 Å². The molecule has 4 nitrogen and oxygen atoms in total. The molecule has 0 aromatic heterocycles. The van der Waals surface area contributed by atoms with E-state index in [1.807, 2.05) is 6.92 Å². The summed E-state index contributed by atoms with van der Waals surface area (Å²) in [7, 11) is -0.763. The molecule has 0 saturated heterocycles. The number of hydrogen-bond acceptors (Lipinski definition) is 3. The number of nitrogens with two attached hydrogens (primary N) is 1. The van der Waals surface area contributed by atoms with E-state index < -0.39 is 10.8 Å². The Labute approximate surface area is 88.1 Å². The molecule has 0 rings (SSSR count). The van der Waals surface area contributed by atoms with Crippen molar-refractivity contribution in [2.75, 3.05) is 18.6 Å². The van der Waals surface area contributed by atoms with Gasteiger partial charge in [-0.2, -0.15) is 0 Å². The second-order valence-electron chi connectivity index (χ2n) is 3.50. The van der Waals surface area contributed by atoms with Crippen LogP contribution in [0.1, 0.15) is 26.2 Å². The number of carbonyl (C=O) groups is 1. The maximum Gasteiger partial charge on any atom is 0.220 e. The first-order valence-electron chi connectivity index (χ1n) is 4.84. The average molecular weight is 220 g/mol. The molecule has 2 unspecified atom stereocenters. The number of hydrogen-bond donors (Lipinski definition) is 2. The fourth-order valence-corrected chi connectivity index (χ4v) is 1.50. The van der Waals surface area contributed by atoms with Crippen molar-refractivity contribution in [1.82, 2.24) is 5.32 Å². The molecule has 0 fully saturated rings. The summed E-state index contributed by atoms with van der Waals surface area (Å²) in [6.45, 7) is 2.49. The van der Waals surface area contributed by atoms with Crippen molar-refractivity contribution in [3.05, 3.63) is 0 Å². The van der Waals surface area contributed by atoms with Crippen molar-refractivity contribution in [1.29, 1.82) is 0 Å². The quantitative estimate of drug-likeness (QED) is 0.593. The average Bonchev–Trinajstić information content (AvgIpc) is 2.08. The van der Waals surface area contributed by atoms with Crippen molar-refractivity contribution in [2.24, 2.45) is 5.73 Å². The van der Waals surface area contributed by atoms with Gasteiger partial charge in [-0.15, -0.1) is 0 Å². The van der Waals surface area contributed by atoms with E-state index in [0.29, 0.717) is 25.1 Å². The Hall–Kier alpha value is -0.420. The van der Waals surface area contributed by atoms with Crippen molar-refractivity contribution >= 4 is 16.7 Å². The predicted octanol–water partition coefficient (Wildman–Crippen LogP) is -0.00140. The Kier molecular flexibility index (Phi) is 7.70. The first-order valence-corrected chi connectivity index (χ1v) is 6.57. The zero-order valence-electron chi connectivity index (χ0n) is 8.91. The van der Waals surface area contributed by atoms with E-state index in [1.54, 1.807) is 6.26 Å². The number of nitrogens with one attached hydrogen (secondary N) is 1. The van der Waals surface area contributed by atoms with Crippen molar-refractivity contribution in [3.8, 4) is 0 Å². The maximum atomic E-state index is 11.1. The van der Waals surface area contributed by atoms with Crippen LogP contribution in [0.4, 0.5) is 0 Å². The highest BCUT2D eigenvalue weighted by atomic mass is 32.2. The van der Waals surface area contributed by atoms with E-state index in [9.17, 15) is 9.00 Å². The first-order chi connectivity index (χ1) is 6.52. The lowest BCUT2D eigenvalue weighted by molar-refractivity contribution is -0.121. The second kappa shape index (κ2) is 7.94. The second-order valence-corrected chi connectivity index (χ2v) is 5.05. The SMILES string of the molecule is CC(N)CCC(=O)NCCCS(C)=O. The highest BCUT2D eigenvalue weighted by molar-refractivity contribution is 7.84. The standard InChI is InChI=1S/C9H20N2O2S/c1-8(10)4-5-9(12)11-6-3-7-14(2)13/h8H,3-7,10H2,1-2H3,(H,11,12). The molecule has 3 N–H and O–H groups in total. The summed E-state index contributed by atoms with van der Waals surface area (Å²) < 4.78 is 10.7. The molecule has 0 aliphatic carbocycles. The van der Waals surface area contributed by atoms with Gasteiger partial charge in [-0.3, -0.25) is 9.00 Å². The van der Waals surface area contributed by atoms with Crippen LogP contribution in [0.5, 0.6) is 0 Å². The molecule has 0 bridgehead atoms. The molecule has 0 aliphatic heterocycles. The Morgan fingerprint density at radius 2 is 2.21 bits per heavy atom. The normalized spacial score (nSPS) is 14.8. The minimum atomic E-state index is -0.763. The van der Waals surface area contributed by atoms with E-state index in [-0.39, 0.29) is 11.9 Å². The molecule has 1 amide bonds. The van der Waals surface area contributed by atoms with Crippen LogP contribution < -0.4 is 11.1 Å². The summed E-state index contributed by atoms with van der Waals surface area (Å²) in [5, 5.41) is 2.76. The Morgan fingerprint density at radius 3 is 2.71 bits per heavy atom.